The van der Waals surface area contributed by atoms with Crippen molar-refractivity contribution in [1.82, 2.24) is 5.32 Å². The lowest BCUT2D eigenvalue weighted by atomic mass is 10.2. The molecule has 0 bridgehead atoms. The van der Waals surface area contributed by atoms with Crippen LogP contribution in [0.2, 0.25) is 0 Å². The van der Waals surface area contributed by atoms with Gasteiger partial charge in [-0.3, -0.25) is 4.79 Å². The largest absolute Gasteiger partial charge is 0.380 e. The van der Waals surface area contributed by atoms with Crippen LogP contribution in [0.5, 0.6) is 0 Å². The maximum Gasteiger partial charge on any atom is 0.316 e. The van der Waals surface area contributed by atoms with E-state index in [1.807, 2.05) is 0 Å². The van der Waals surface area contributed by atoms with Crippen LogP contribution in [0.15, 0.2) is 24.3 Å². The van der Waals surface area contributed by atoms with Gasteiger partial charge in [-0.2, -0.15) is 0 Å². The summed E-state index contributed by atoms with van der Waals surface area (Å²) < 4.78 is 5.20. The highest BCUT2D eigenvalue weighted by Crippen LogP contribution is 2.17. The monoisotopic (exact) mass is 278 g/mol. The van der Waals surface area contributed by atoms with Gasteiger partial charge in [-0.05, 0) is 24.6 Å². The molecule has 1 saturated heterocycles. The van der Waals surface area contributed by atoms with Crippen LogP contribution in [0.4, 0.5) is 16.2 Å². The molecule has 7 heteroatoms. The number of primary amides is 1. The van der Waals surface area contributed by atoms with Crippen LogP contribution in [0.25, 0.3) is 0 Å². The lowest BCUT2D eigenvalue weighted by molar-refractivity contribution is -0.118. The molecule has 1 aliphatic heterocycles. The first-order chi connectivity index (χ1) is 9.58. The van der Waals surface area contributed by atoms with E-state index in [1.54, 1.807) is 31.4 Å². The zero-order valence-electron chi connectivity index (χ0n) is 11.2. The average molecular weight is 278 g/mol. The van der Waals surface area contributed by atoms with Gasteiger partial charge >= 0.3 is 6.03 Å². The van der Waals surface area contributed by atoms with Crippen molar-refractivity contribution in [3.8, 4) is 0 Å². The van der Waals surface area contributed by atoms with E-state index in [0.29, 0.717) is 24.3 Å². The van der Waals surface area contributed by atoms with Gasteiger partial charge in [-0.1, -0.05) is 6.07 Å². The van der Waals surface area contributed by atoms with Crippen molar-refractivity contribution in [3.63, 3.8) is 0 Å². The molecule has 1 aromatic rings. The van der Waals surface area contributed by atoms with E-state index in [-0.39, 0.29) is 18.1 Å². The fourth-order valence-corrected chi connectivity index (χ4v) is 2.13. The maximum absolute atomic E-state index is 12.1. The molecule has 2 rings (SSSR count). The summed E-state index contributed by atoms with van der Waals surface area (Å²) in [6.45, 7) is 0.665. The summed E-state index contributed by atoms with van der Waals surface area (Å²) >= 11 is 0. The van der Waals surface area contributed by atoms with Crippen LogP contribution >= 0.6 is 0 Å². The normalized spacial score (nSPS) is 21.4. The predicted molar refractivity (Wildman–Crippen MR) is 75.5 cm³/mol. The second-order valence-corrected chi connectivity index (χ2v) is 4.61. The Labute approximate surface area is 116 Å². The van der Waals surface area contributed by atoms with Gasteiger partial charge in [0.05, 0.1) is 12.1 Å². The van der Waals surface area contributed by atoms with Crippen LogP contribution in [0.1, 0.15) is 6.42 Å². The molecule has 1 aromatic carbocycles. The lowest BCUT2D eigenvalue weighted by Gasteiger charge is -2.12. The van der Waals surface area contributed by atoms with Gasteiger partial charge in [0, 0.05) is 25.0 Å². The third-order valence-electron chi connectivity index (χ3n) is 3.14. The maximum atomic E-state index is 12.1. The van der Waals surface area contributed by atoms with E-state index in [4.69, 9.17) is 10.5 Å². The Morgan fingerprint density at radius 1 is 1.35 bits per heavy atom. The standard InChI is InChI=1S/C13H18N4O3/c1-20-10-6-11(15-7-10)12(18)16-8-3-2-4-9(5-8)17-13(14)19/h2-5,10-11,15H,6-7H2,1H3,(H,16,18)(H3,14,17,19). The van der Waals surface area contributed by atoms with Crippen molar-refractivity contribution in [2.45, 2.75) is 18.6 Å². The van der Waals surface area contributed by atoms with Crippen LogP contribution < -0.4 is 21.7 Å². The van der Waals surface area contributed by atoms with Crippen molar-refractivity contribution >= 4 is 23.3 Å². The summed E-state index contributed by atoms with van der Waals surface area (Å²) in [6, 6.07) is 5.88. The Hall–Kier alpha value is -2.12. The molecule has 1 heterocycles. The summed E-state index contributed by atoms with van der Waals surface area (Å²) in [7, 11) is 1.63. The van der Waals surface area contributed by atoms with E-state index in [1.165, 1.54) is 0 Å². The number of benzene rings is 1. The molecule has 7 nitrogen and oxygen atoms in total. The van der Waals surface area contributed by atoms with Crippen LogP contribution in [0, 0.1) is 0 Å². The Balaban J connectivity index is 1.96. The molecule has 5 N–H and O–H groups in total. The van der Waals surface area contributed by atoms with E-state index in [9.17, 15) is 9.59 Å². The molecule has 0 saturated carbocycles. The summed E-state index contributed by atoms with van der Waals surface area (Å²) in [6.07, 6.45) is 0.704. The van der Waals surface area contributed by atoms with Crippen molar-refractivity contribution in [2.75, 3.05) is 24.3 Å². The van der Waals surface area contributed by atoms with E-state index >= 15 is 0 Å². The topological polar surface area (TPSA) is 105 Å². The zero-order valence-corrected chi connectivity index (χ0v) is 11.2. The number of rotatable bonds is 4. The molecule has 0 aliphatic carbocycles. The Kier molecular flexibility index (Phi) is 4.54. The van der Waals surface area contributed by atoms with Gasteiger partial charge in [0.2, 0.25) is 5.91 Å². The van der Waals surface area contributed by atoms with Crippen molar-refractivity contribution in [2.24, 2.45) is 5.73 Å². The van der Waals surface area contributed by atoms with Crippen molar-refractivity contribution in [3.05, 3.63) is 24.3 Å². The fraction of sp³-hybridized carbons (Fsp3) is 0.385. The minimum absolute atomic E-state index is 0.0635. The Morgan fingerprint density at radius 3 is 2.65 bits per heavy atom. The molecule has 1 aliphatic rings. The number of hydrogen-bond donors (Lipinski definition) is 4. The van der Waals surface area contributed by atoms with Gasteiger partial charge in [-0.15, -0.1) is 0 Å². The molecular weight excluding hydrogens is 260 g/mol. The van der Waals surface area contributed by atoms with Gasteiger partial charge in [0.1, 0.15) is 0 Å². The molecule has 1 fully saturated rings. The number of hydrogen-bond acceptors (Lipinski definition) is 4. The molecule has 108 valence electrons. The zero-order chi connectivity index (χ0) is 14.5. The van der Waals surface area contributed by atoms with Crippen molar-refractivity contribution < 1.29 is 14.3 Å². The number of urea groups is 1. The van der Waals surface area contributed by atoms with Crippen LogP contribution in [-0.2, 0) is 9.53 Å². The van der Waals surface area contributed by atoms with E-state index < -0.39 is 6.03 Å². The first-order valence-electron chi connectivity index (χ1n) is 6.32. The number of nitrogens with two attached hydrogens (primary N) is 1. The lowest BCUT2D eigenvalue weighted by Crippen LogP contribution is -2.35. The molecule has 0 aromatic heterocycles. The SMILES string of the molecule is COC1CNC(C(=O)Nc2cccc(NC(N)=O)c2)C1. The smallest absolute Gasteiger partial charge is 0.316 e. The summed E-state index contributed by atoms with van der Waals surface area (Å²) in [5.41, 5.74) is 6.18. The third kappa shape index (κ3) is 3.69. The molecule has 0 radical (unpaired) electrons. The average Bonchev–Trinajstić information content (AvgIpc) is 2.87. The number of nitrogens with one attached hydrogen (secondary N) is 3. The van der Waals surface area contributed by atoms with E-state index in [0.717, 1.165) is 0 Å². The summed E-state index contributed by atoms with van der Waals surface area (Å²) in [5, 5.41) is 8.35. The van der Waals surface area contributed by atoms with Crippen LogP contribution in [0.3, 0.4) is 0 Å². The quantitative estimate of drug-likeness (QED) is 0.643. The highest BCUT2D eigenvalue weighted by molar-refractivity contribution is 5.96. The minimum Gasteiger partial charge on any atom is -0.380 e. The molecule has 20 heavy (non-hydrogen) atoms. The number of anilines is 2. The van der Waals surface area contributed by atoms with Gasteiger partial charge < -0.3 is 26.4 Å². The summed E-state index contributed by atoms with van der Waals surface area (Å²) in [4.78, 5) is 22.8. The predicted octanol–water partition coefficient (Wildman–Crippen LogP) is 0.493. The molecular formula is C13H18N4O3. The number of carbonyl (C=O) groups is 2. The highest BCUT2D eigenvalue weighted by atomic mass is 16.5. The van der Waals surface area contributed by atoms with Gasteiger partial charge in [0.15, 0.2) is 0 Å². The van der Waals surface area contributed by atoms with Gasteiger partial charge in [-0.25, -0.2) is 4.79 Å². The van der Waals surface area contributed by atoms with E-state index in [2.05, 4.69) is 16.0 Å². The van der Waals surface area contributed by atoms with Crippen LogP contribution in [-0.4, -0.2) is 37.7 Å². The molecule has 0 spiro atoms. The first kappa shape index (κ1) is 14.3. The second-order valence-electron chi connectivity index (χ2n) is 4.61. The number of ether oxygens (including phenoxy) is 1. The summed E-state index contributed by atoms with van der Waals surface area (Å²) in [5.74, 6) is -0.124. The van der Waals surface area contributed by atoms with Crippen molar-refractivity contribution in [1.29, 1.82) is 0 Å². The number of methoxy groups -OCH3 is 1. The van der Waals surface area contributed by atoms with Gasteiger partial charge in [0.25, 0.3) is 0 Å². The fourth-order valence-electron chi connectivity index (χ4n) is 2.13. The Bertz CT molecular complexity index is 506. The molecule has 3 amide bonds. The first-order valence-corrected chi connectivity index (χ1v) is 6.32. The molecule has 2 unspecified atom stereocenters. The highest BCUT2D eigenvalue weighted by Gasteiger charge is 2.29. The number of carbonyl (C=O) groups excluding carboxylic acids is 2. The second kappa shape index (κ2) is 6.36. The minimum atomic E-state index is -0.645. The Morgan fingerprint density at radius 2 is 2.05 bits per heavy atom. The third-order valence-corrected chi connectivity index (χ3v) is 3.14. The number of amides is 3. The molecule has 2 atom stereocenters.